The minimum atomic E-state index is -3.69. The summed E-state index contributed by atoms with van der Waals surface area (Å²) in [5, 5.41) is 0.495. The average molecular weight is 387 g/mol. The predicted octanol–water partition coefficient (Wildman–Crippen LogP) is 4.31. The molecule has 0 heterocycles. The molecule has 0 spiro atoms. The molecule has 0 saturated heterocycles. The van der Waals surface area contributed by atoms with Gasteiger partial charge in [-0.15, -0.1) is 0 Å². The van der Waals surface area contributed by atoms with Crippen LogP contribution in [0.1, 0.15) is 11.1 Å². The Balaban J connectivity index is 1.97. The van der Waals surface area contributed by atoms with Gasteiger partial charge in [0, 0.05) is 23.8 Å². The first-order valence-corrected chi connectivity index (χ1v) is 9.91. The van der Waals surface area contributed by atoms with Crippen molar-refractivity contribution in [2.75, 3.05) is 5.73 Å². The third-order valence-corrected chi connectivity index (χ3v) is 6.02. The zero-order valence-corrected chi connectivity index (χ0v) is 15.6. The van der Waals surface area contributed by atoms with Crippen LogP contribution in [0.25, 0.3) is 0 Å². The highest BCUT2D eigenvalue weighted by atomic mass is 35.5. The molecule has 6 heteroatoms. The summed E-state index contributed by atoms with van der Waals surface area (Å²) in [6, 6.07) is 23.0. The lowest BCUT2D eigenvalue weighted by Gasteiger charge is -2.23. The van der Waals surface area contributed by atoms with Gasteiger partial charge in [0.25, 0.3) is 0 Å². The Kier molecular flexibility index (Phi) is 5.61. The molecule has 3 aromatic carbocycles. The summed E-state index contributed by atoms with van der Waals surface area (Å²) >= 11 is 5.90. The predicted molar refractivity (Wildman–Crippen MR) is 105 cm³/mol. The Labute approximate surface area is 158 Å². The van der Waals surface area contributed by atoms with E-state index in [4.69, 9.17) is 17.3 Å². The molecule has 0 amide bonds. The molecule has 0 fully saturated rings. The van der Waals surface area contributed by atoms with Gasteiger partial charge in [0.1, 0.15) is 0 Å². The molecule has 0 aliphatic rings. The van der Waals surface area contributed by atoms with Gasteiger partial charge in [-0.05, 0) is 47.5 Å². The lowest BCUT2D eigenvalue weighted by molar-refractivity contribution is 0.401. The molecule has 134 valence electrons. The summed E-state index contributed by atoms with van der Waals surface area (Å²) < 4.78 is 27.8. The van der Waals surface area contributed by atoms with E-state index in [1.54, 1.807) is 24.3 Å². The maximum atomic E-state index is 13.2. The second kappa shape index (κ2) is 7.91. The second-order valence-electron chi connectivity index (χ2n) is 5.96. The molecule has 0 atom stereocenters. The maximum Gasteiger partial charge on any atom is 0.243 e. The zero-order chi connectivity index (χ0) is 18.6. The average Bonchev–Trinajstić information content (AvgIpc) is 2.62. The number of sulfonamides is 1. The Morgan fingerprint density at radius 3 is 2.08 bits per heavy atom. The van der Waals surface area contributed by atoms with Crippen molar-refractivity contribution in [2.24, 2.45) is 0 Å². The minimum Gasteiger partial charge on any atom is -0.399 e. The van der Waals surface area contributed by atoms with Crippen molar-refractivity contribution in [3.63, 3.8) is 0 Å². The first kappa shape index (κ1) is 18.5. The molecule has 3 aromatic rings. The molecule has 0 aromatic heterocycles. The molecular formula is C20H19ClN2O2S. The van der Waals surface area contributed by atoms with Gasteiger partial charge in [0.15, 0.2) is 0 Å². The molecule has 0 radical (unpaired) electrons. The van der Waals surface area contributed by atoms with Crippen LogP contribution in [0, 0.1) is 0 Å². The molecule has 0 aliphatic heterocycles. The third-order valence-electron chi connectivity index (χ3n) is 3.96. The number of hydrogen-bond acceptors (Lipinski definition) is 3. The van der Waals surface area contributed by atoms with Crippen LogP contribution in [0.4, 0.5) is 5.69 Å². The van der Waals surface area contributed by atoms with Crippen LogP contribution in [-0.4, -0.2) is 12.7 Å². The van der Waals surface area contributed by atoms with Crippen molar-refractivity contribution in [1.29, 1.82) is 0 Å². The number of halogens is 1. The van der Waals surface area contributed by atoms with E-state index >= 15 is 0 Å². The first-order valence-electron chi connectivity index (χ1n) is 8.09. The quantitative estimate of drug-likeness (QED) is 0.642. The summed E-state index contributed by atoms with van der Waals surface area (Å²) in [5.41, 5.74) is 8.19. The van der Waals surface area contributed by atoms with E-state index in [0.717, 1.165) is 11.1 Å². The smallest absolute Gasteiger partial charge is 0.243 e. The van der Waals surface area contributed by atoms with Crippen molar-refractivity contribution < 1.29 is 8.42 Å². The number of rotatable bonds is 6. The molecule has 0 aliphatic carbocycles. The summed E-state index contributed by atoms with van der Waals surface area (Å²) in [6.45, 7) is 0.492. The van der Waals surface area contributed by atoms with Gasteiger partial charge in [-0.25, -0.2) is 8.42 Å². The van der Waals surface area contributed by atoms with Crippen LogP contribution in [0.2, 0.25) is 5.02 Å². The number of nitrogen functional groups attached to an aromatic ring is 1. The topological polar surface area (TPSA) is 63.4 Å². The van der Waals surface area contributed by atoms with Gasteiger partial charge >= 0.3 is 0 Å². The number of anilines is 1. The van der Waals surface area contributed by atoms with Crippen LogP contribution in [0.15, 0.2) is 83.8 Å². The minimum absolute atomic E-state index is 0.210. The Morgan fingerprint density at radius 1 is 0.808 bits per heavy atom. The van der Waals surface area contributed by atoms with E-state index in [0.29, 0.717) is 10.7 Å². The van der Waals surface area contributed by atoms with Gasteiger partial charge in [-0.3, -0.25) is 0 Å². The summed E-state index contributed by atoms with van der Waals surface area (Å²) in [5.74, 6) is 0. The SMILES string of the molecule is Nc1cccc(CN(Cc2ccccc2)S(=O)(=O)c2ccc(Cl)cc2)c1. The van der Waals surface area contributed by atoms with Gasteiger partial charge in [-0.2, -0.15) is 4.31 Å². The molecule has 0 unspecified atom stereocenters. The van der Waals surface area contributed by atoms with Gasteiger partial charge < -0.3 is 5.73 Å². The fraction of sp³-hybridized carbons (Fsp3) is 0.100. The van der Waals surface area contributed by atoms with Crippen LogP contribution in [0.5, 0.6) is 0 Å². The van der Waals surface area contributed by atoms with E-state index < -0.39 is 10.0 Å². The number of hydrogen-bond donors (Lipinski definition) is 1. The molecular weight excluding hydrogens is 368 g/mol. The molecule has 2 N–H and O–H groups in total. The first-order chi connectivity index (χ1) is 12.4. The summed E-state index contributed by atoms with van der Waals surface area (Å²) in [7, 11) is -3.69. The largest absolute Gasteiger partial charge is 0.399 e. The lowest BCUT2D eigenvalue weighted by Crippen LogP contribution is -2.30. The van der Waals surface area contributed by atoms with Crippen LogP contribution >= 0.6 is 11.6 Å². The Hall–Kier alpha value is -2.34. The highest BCUT2D eigenvalue weighted by Gasteiger charge is 2.25. The zero-order valence-electron chi connectivity index (χ0n) is 14.0. The van der Waals surface area contributed by atoms with E-state index in [1.165, 1.54) is 16.4 Å². The van der Waals surface area contributed by atoms with Crippen molar-refractivity contribution in [3.8, 4) is 0 Å². The van der Waals surface area contributed by atoms with E-state index in [9.17, 15) is 8.42 Å². The van der Waals surface area contributed by atoms with Gasteiger partial charge in [-0.1, -0.05) is 54.1 Å². The molecule has 3 rings (SSSR count). The van der Waals surface area contributed by atoms with Crippen molar-refractivity contribution in [1.82, 2.24) is 4.31 Å². The Bertz CT molecular complexity index is 974. The number of nitrogens with zero attached hydrogens (tertiary/aromatic N) is 1. The standard InChI is InChI=1S/C20H19ClN2O2S/c21-18-9-11-20(12-10-18)26(24,25)23(14-16-5-2-1-3-6-16)15-17-7-4-8-19(22)13-17/h1-13H,14-15,22H2. The second-order valence-corrected chi connectivity index (χ2v) is 8.33. The Morgan fingerprint density at radius 2 is 1.42 bits per heavy atom. The lowest BCUT2D eigenvalue weighted by atomic mass is 10.2. The molecule has 4 nitrogen and oxygen atoms in total. The third kappa shape index (κ3) is 4.43. The van der Waals surface area contributed by atoms with Crippen LogP contribution in [-0.2, 0) is 23.1 Å². The van der Waals surface area contributed by atoms with Crippen molar-refractivity contribution in [2.45, 2.75) is 18.0 Å². The maximum absolute atomic E-state index is 13.2. The number of nitrogens with two attached hydrogens (primary N) is 1. The van der Waals surface area contributed by atoms with Crippen LogP contribution in [0.3, 0.4) is 0 Å². The van der Waals surface area contributed by atoms with Gasteiger partial charge in [0.2, 0.25) is 10.0 Å². The van der Waals surface area contributed by atoms with E-state index in [2.05, 4.69) is 0 Å². The fourth-order valence-electron chi connectivity index (χ4n) is 2.66. The van der Waals surface area contributed by atoms with E-state index in [-0.39, 0.29) is 18.0 Å². The highest BCUT2D eigenvalue weighted by Crippen LogP contribution is 2.23. The monoisotopic (exact) mass is 386 g/mol. The fourth-order valence-corrected chi connectivity index (χ4v) is 4.21. The van der Waals surface area contributed by atoms with Gasteiger partial charge in [0.05, 0.1) is 4.90 Å². The highest BCUT2D eigenvalue weighted by molar-refractivity contribution is 7.89. The van der Waals surface area contributed by atoms with E-state index in [1.807, 2.05) is 42.5 Å². The summed E-state index contributed by atoms with van der Waals surface area (Å²) in [4.78, 5) is 0.210. The normalized spacial score (nSPS) is 11.6. The molecule has 26 heavy (non-hydrogen) atoms. The molecule has 0 bridgehead atoms. The summed E-state index contributed by atoms with van der Waals surface area (Å²) in [6.07, 6.45) is 0. The van der Waals surface area contributed by atoms with Crippen molar-refractivity contribution >= 4 is 27.3 Å². The molecule has 0 saturated carbocycles. The van der Waals surface area contributed by atoms with Crippen LogP contribution < -0.4 is 5.73 Å². The number of benzene rings is 3. The van der Waals surface area contributed by atoms with Crippen molar-refractivity contribution in [3.05, 3.63) is 95.0 Å².